The van der Waals surface area contributed by atoms with E-state index in [1.54, 1.807) is 0 Å². The van der Waals surface area contributed by atoms with E-state index < -0.39 is 26.5 Å². The average molecular weight is 232 g/mol. The van der Waals surface area contributed by atoms with Crippen molar-refractivity contribution in [3.63, 3.8) is 0 Å². The quantitative estimate of drug-likeness (QED) is 0.832. The molecule has 0 radical (unpaired) electrons. The zero-order chi connectivity index (χ0) is 11.8. The predicted octanol–water partition coefficient (Wildman–Crippen LogP) is 1.24. The third kappa shape index (κ3) is 2.33. The van der Waals surface area contributed by atoms with E-state index in [1.165, 1.54) is 6.92 Å². The molecule has 0 unspecified atom stereocenters. The molecule has 1 rings (SSSR count). The third-order valence-corrected chi connectivity index (χ3v) is 2.96. The molecule has 1 N–H and O–H groups in total. The Morgan fingerprint density at radius 2 is 1.93 bits per heavy atom. The van der Waals surface area contributed by atoms with Crippen molar-refractivity contribution < 1.29 is 22.7 Å². The Bertz CT molecular complexity index is 519. The minimum atomic E-state index is -3.75. The van der Waals surface area contributed by atoms with Crippen molar-refractivity contribution in [1.29, 1.82) is 0 Å². The van der Waals surface area contributed by atoms with Crippen LogP contribution in [0.3, 0.4) is 0 Å². The second-order valence-electron chi connectivity index (χ2n) is 3.18. The molecule has 0 bridgehead atoms. The second kappa shape index (κ2) is 3.62. The van der Waals surface area contributed by atoms with Crippen LogP contribution >= 0.6 is 0 Å². The normalized spacial score (nSPS) is 11.4. The molecule has 1 aromatic rings. The molecule has 0 spiro atoms. The number of sulfone groups is 1. The van der Waals surface area contributed by atoms with Gasteiger partial charge in [0, 0.05) is 6.26 Å². The molecule has 0 amide bonds. The van der Waals surface area contributed by atoms with Crippen molar-refractivity contribution in [2.24, 2.45) is 0 Å². The summed E-state index contributed by atoms with van der Waals surface area (Å²) in [6.45, 7) is 1.32. The molecule has 0 aliphatic carbocycles. The number of carboxylic acid groups (broad SMARTS) is 1. The fraction of sp³-hybridized carbons (Fsp3) is 0.222. The zero-order valence-electron chi connectivity index (χ0n) is 8.11. The van der Waals surface area contributed by atoms with Gasteiger partial charge in [-0.25, -0.2) is 17.6 Å². The summed E-state index contributed by atoms with van der Waals surface area (Å²) >= 11 is 0. The molecule has 0 aliphatic rings. The topological polar surface area (TPSA) is 71.4 Å². The fourth-order valence-electron chi connectivity index (χ4n) is 1.13. The number of aryl methyl sites for hydroxylation is 1. The first-order valence-electron chi connectivity index (χ1n) is 3.97. The summed E-state index contributed by atoms with van der Waals surface area (Å²) in [5, 5.41) is 8.67. The molecule has 0 aliphatic heterocycles. The van der Waals surface area contributed by atoms with E-state index in [-0.39, 0.29) is 11.1 Å². The van der Waals surface area contributed by atoms with Crippen molar-refractivity contribution in [2.75, 3.05) is 6.26 Å². The summed E-state index contributed by atoms with van der Waals surface area (Å²) in [6.07, 6.45) is 0.830. The first-order chi connectivity index (χ1) is 6.73. The van der Waals surface area contributed by atoms with Crippen molar-refractivity contribution in [2.45, 2.75) is 11.8 Å². The minimum Gasteiger partial charge on any atom is -0.478 e. The minimum absolute atomic E-state index is 0.00433. The maximum atomic E-state index is 13.4. The summed E-state index contributed by atoms with van der Waals surface area (Å²) < 4.78 is 35.7. The molecule has 4 nitrogen and oxygen atoms in total. The van der Waals surface area contributed by atoms with Crippen LogP contribution in [0.4, 0.5) is 4.39 Å². The number of rotatable bonds is 2. The highest BCUT2D eigenvalue weighted by Gasteiger charge is 2.18. The van der Waals surface area contributed by atoms with Crippen LogP contribution in [0.25, 0.3) is 0 Å². The van der Waals surface area contributed by atoms with Crippen LogP contribution < -0.4 is 0 Å². The van der Waals surface area contributed by atoms with Crippen LogP contribution in [0.15, 0.2) is 17.0 Å². The van der Waals surface area contributed by atoms with Gasteiger partial charge in [0.25, 0.3) is 0 Å². The van der Waals surface area contributed by atoms with Gasteiger partial charge in [-0.15, -0.1) is 0 Å². The van der Waals surface area contributed by atoms with Crippen LogP contribution in [0.5, 0.6) is 0 Å². The standard InChI is InChI=1S/C9H9FO4S/c1-5-3-6(9(11)12)4-7(8(5)10)15(2,13)14/h3-4H,1-2H3,(H,11,12). The number of hydrogen-bond acceptors (Lipinski definition) is 3. The lowest BCUT2D eigenvalue weighted by Crippen LogP contribution is -2.06. The summed E-state index contributed by atoms with van der Waals surface area (Å²) in [7, 11) is -3.75. The van der Waals surface area contributed by atoms with Gasteiger partial charge in [-0.2, -0.15) is 0 Å². The highest BCUT2D eigenvalue weighted by Crippen LogP contribution is 2.20. The lowest BCUT2D eigenvalue weighted by Gasteiger charge is -2.05. The smallest absolute Gasteiger partial charge is 0.335 e. The highest BCUT2D eigenvalue weighted by molar-refractivity contribution is 7.90. The molecule has 0 saturated carbocycles. The van der Waals surface area contributed by atoms with Gasteiger partial charge in [-0.3, -0.25) is 0 Å². The average Bonchev–Trinajstić information content (AvgIpc) is 2.06. The number of carboxylic acids is 1. The van der Waals surface area contributed by atoms with E-state index in [4.69, 9.17) is 5.11 Å². The van der Waals surface area contributed by atoms with Gasteiger partial charge in [-0.05, 0) is 24.6 Å². The zero-order valence-corrected chi connectivity index (χ0v) is 8.93. The number of halogens is 1. The Kier molecular flexibility index (Phi) is 2.81. The predicted molar refractivity (Wildman–Crippen MR) is 51.2 cm³/mol. The Morgan fingerprint density at radius 3 is 2.33 bits per heavy atom. The van der Waals surface area contributed by atoms with Gasteiger partial charge in [0.2, 0.25) is 0 Å². The lowest BCUT2D eigenvalue weighted by atomic mass is 10.1. The highest BCUT2D eigenvalue weighted by atomic mass is 32.2. The number of carbonyl (C=O) groups is 1. The lowest BCUT2D eigenvalue weighted by molar-refractivity contribution is 0.0696. The third-order valence-electron chi connectivity index (χ3n) is 1.87. The Balaban J connectivity index is 3.59. The molecule has 82 valence electrons. The molecule has 0 fully saturated rings. The molecule has 0 aromatic heterocycles. The van der Waals surface area contributed by atoms with Gasteiger partial charge >= 0.3 is 5.97 Å². The van der Waals surface area contributed by atoms with Crippen molar-refractivity contribution >= 4 is 15.8 Å². The van der Waals surface area contributed by atoms with E-state index >= 15 is 0 Å². The maximum Gasteiger partial charge on any atom is 0.335 e. The van der Waals surface area contributed by atoms with Crippen LogP contribution in [0.2, 0.25) is 0 Å². The molecular formula is C9H9FO4S. The molecule has 15 heavy (non-hydrogen) atoms. The van der Waals surface area contributed by atoms with Crippen LogP contribution in [0, 0.1) is 12.7 Å². The summed E-state index contributed by atoms with van der Waals surface area (Å²) in [5.41, 5.74) is -0.246. The molecule has 0 heterocycles. The van der Waals surface area contributed by atoms with E-state index in [1.807, 2.05) is 0 Å². The van der Waals surface area contributed by atoms with Gasteiger partial charge in [0.05, 0.1) is 5.56 Å². The summed E-state index contributed by atoms with van der Waals surface area (Å²) in [5.74, 6) is -2.19. The number of benzene rings is 1. The molecule has 0 saturated heterocycles. The van der Waals surface area contributed by atoms with Crippen LogP contribution in [-0.4, -0.2) is 25.7 Å². The first kappa shape index (κ1) is 11.6. The van der Waals surface area contributed by atoms with Gasteiger partial charge < -0.3 is 5.11 Å². The van der Waals surface area contributed by atoms with Crippen LogP contribution in [-0.2, 0) is 9.84 Å². The summed E-state index contributed by atoms with van der Waals surface area (Å²) in [4.78, 5) is 10.0. The number of hydrogen-bond donors (Lipinski definition) is 1. The van der Waals surface area contributed by atoms with Gasteiger partial charge in [0.15, 0.2) is 9.84 Å². The van der Waals surface area contributed by atoms with E-state index in [0.717, 1.165) is 18.4 Å². The Morgan fingerprint density at radius 1 is 1.40 bits per heavy atom. The number of aromatic carboxylic acids is 1. The van der Waals surface area contributed by atoms with Gasteiger partial charge in [-0.1, -0.05) is 0 Å². The molecule has 1 aromatic carbocycles. The van der Waals surface area contributed by atoms with Crippen LogP contribution in [0.1, 0.15) is 15.9 Å². The summed E-state index contributed by atoms with van der Waals surface area (Å²) in [6, 6.07) is 1.91. The van der Waals surface area contributed by atoms with E-state index in [0.29, 0.717) is 0 Å². The largest absolute Gasteiger partial charge is 0.478 e. The molecule has 0 atom stereocenters. The second-order valence-corrected chi connectivity index (χ2v) is 5.17. The maximum absolute atomic E-state index is 13.4. The fourth-order valence-corrected chi connectivity index (χ4v) is 1.96. The Hall–Kier alpha value is -1.43. The SMILES string of the molecule is Cc1cc(C(=O)O)cc(S(C)(=O)=O)c1F. The first-order valence-corrected chi connectivity index (χ1v) is 5.86. The van der Waals surface area contributed by atoms with E-state index in [9.17, 15) is 17.6 Å². The van der Waals surface area contributed by atoms with Crippen molar-refractivity contribution in [3.05, 3.63) is 29.1 Å². The van der Waals surface area contributed by atoms with Gasteiger partial charge in [0.1, 0.15) is 10.7 Å². The molecule has 6 heteroatoms. The van der Waals surface area contributed by atoms with Crippen molar-refractivity contribution in [1.82, 2.24) is 0 Å². The van der Waals surface area contributed by atoms with E-state index in [2.05, 4.69) is 0 Å². The van der Waals surface area contributed by atoms with Crippen molar-refractivity contribution in [3.8, 4) is 0 Å². The molecular weight excluding hydrogens is 223 g/mol. The Labute approximate surface area is 86.3 Å². The monoisotopic (exact) mass is 232 g/mol.